The average Bonchev–Trinajstić information content (AvgIpc) is 3.27. The molecule has 3 aromatic rings. The van der Waals surface area contributed by atoms with Crippen LogP contribution in [0.25, 0.3) is 11.4 Å². The topological polar surface area (TPSA) is 65.7 Å². The van der Waals surface area contributed by atoms with Crippen LogP contribution in [0.4, 0.5) is 4.39 Å². The highest BCUT2D eigenvalue weighted by Crippen LogP contribution is 2.18. The van der Waals surface area contributed by atoms with Crippen LogP contribution in [0.2, 0.25) is 0 Å². The molecule has 174 valence electrons. The van der Waals surface area contributed by atoms with Crippen LogP contribution >= 0.6 is 0 Å². The van der Waals surface area contributed by atoms with Gasteiger partial charge in [0.15, 0.2) is 0 Å². The quantitative estimate of drug-likeness (QED) is 0.549. The average molecular weight is 452 g/mol. The largest absolute Gasteiger partial charge is 0.340 e. The monoisotopic (exact) mass is 451 g/mol. The highest BCUT2D eigenvalue weighted by atomic mass is 19.1. The number of aromatic nitrogens is 2. The van der Waals surface area contributed by atoms with E-state index in [9.17, 15) is 9.18 Å². The van der Waals surface area contributed by atoms with Crippen molar-refractivity contribution >= 4 is 5.91 Å². The summed E-state index contributed by atoms with van der Waals surface area (Å²) in [6, 6.07) is 14.2. The third kappa shape index (κ3) is 5.83. The van der Waals surface area contributed by atoms with E-state index in [0.717, 1.165) is 37.3 Å². The van der Waals surface area contributed by atoms with Crippen LogP contribution in [0.15, 0.2) is 53.1 Å². The summed E-state index contributed by atoms with van der Waals surface area (Å²) in [5, 5.41) is 4.11. The standard InChI is InChI=1S/C25H30FN5O2/c1-18-7-9-21(10-8-18)24-27-23(33-28-24)17-30-11-13-31(14-12-30)19(2)25(32)29(3)16-20-5-4-6-22(26)15-20/h4-10,15,19H,11-14,16-17H2,1-3H3. The lowest BCUT2D eigenvalue weighted by atomic mass is 10.1. The first-order valence-electron chi connectivity index (χ1n) is 11.2. The van der Waals surface area contributed by atoms with Crippen LogP contribution in [-0.2, 0) is 17.9 Å². The van der Waals surface area contributed by atoms with Gasteiger partial charge in [-0.3, -0.25) is 14.6 Å². The molecule has 8 heteroatoms. The Hall–Kier alpha value is -3.10. The Labute approximate surface area is 193 Å². The number of hydrogen-bond donors (Lipinski definition) is 0. The number of nitrogens with zero attached hydrogens (tertiary/aromatic N) is 5. The van der Waals surface area contributed by atoms with Crippen molar-refractivity contribution in [1.29, 1.82) is 0 Å². The molecule has 0 aliphatic carbocycles. The van der Waals surface area contributed by atoms with Gasteiger partial charge < -0.3 is 9.42 Å². The lowest BCUT2D eigenvalue weighted by molar-refractivity contribution is -0.136. The number of hydrogen-bond acceptors (Lipinski definition) is 6. The van der Waals surface area contributed by atoms with E-state index < -0.39 is 0 Å². The lowest BCUT2D eigenvalue weighted by Crippen LogP contribution is -2.53. The Morgan fingerprint density at radius 3 is 2.58 bits per heavy atom. The third-order valence-corrected chi connectivity index (χ3v) is 6.13. The molecule has 1 atom stereocenters. The minimum Gasteiger partial charge on any atom is -0.340 e. The zero-order valence-electron chi connectivity index (χ0n) is 19.4. The van der Waals surface area contributed by atoms with E-state index in [2.05, 4.69) is 19.9 Å². The van der Waals surface area contributed by atoms with E-state index in [0.29, 0.717) is 24.8 Å². The minimum atomic E-state index is -0.287. The van der Waals surface area contributed by atoms with E-state index in [1.54, 1.807) is 18.0 Å². The number of carbonyl (C=O) groups is 1. The zero-order valence-corrected chi connectivity index (χ0v) is 19.4. The van der Waals surface area contributed by atoms with Crippen molar-refractivity contribution in [3.63, 3.8) is 0 Å². The van der Waals surface area contributed by atoms with Gasteiger partial charge in [-0.1, -0.05) is 47.1 Å². The van der Waals surface area contributed by atoms with Crippen molar-refractivity contribution in [3.8, 4) is 11.4 Å². The van der Waals surface area contributed by atoms with Gasteiger partial charge in [-0.2, -0.15) is 4.98 Å². The Kier molecular flexibility index (Phi) is 7.15. The Bertz CT molecular complexity index is 1080. The summed E-state index contributed by atoms with van der Waals surface area (Å²) in [6.07, 6.45) is 0. The number of aryl methyl sites for hydroxylation is 1. The van der Waals surface area contributed by atoms with Gasteiger partial charge in [-0.15, -0.1) is 0 Å². The number of carbonyl (C=O) groups excluding carboxylic acids is 1. The molecule has 1 fully saturated rings. The number of halogens is 1. The van der Waals surface area contributed by atoms with E-state index >= 15 is 0 Å². The number of benzene rings is 2. The molecule has 1 aliphatic rings. The fourth-order valence-corrected chi connectivity index (χ4v) is 4.10. The summed E-state index contributed by atoms with van der Waals surface area (Å²) < 4.78 is 18.9. The summed E-state index contributed by atoms with van der Waals surface area (Å²) in [7, 11) is 1.77. The molecule has 4 rings (SSSR count). The summed E-state index contributed by atoms with van der Waals surface area (Å²) >= 11 is 0. The Morgan fingerprint density at radius 1 is 1.15 bits per heavy atom. The molecular weight excluding hydrogens is 421 g/mol. The van der Waals surface area contributed by atoms with E-state index in [-0.39, 0.29) is 17.8 Å². The van der Waals surface area contributed by atoms with Gasteiger partial charge in [0.25, 0.3) is 0 Å². The highest BCUT2D eigenvalue weighted by molar-refractivity contribution is 5.81. The third-order valence-electron chi connectivity index (χ3n) is 6.13. The van der Waals surface area contributed by atoms with Crippen molar-refractivity contribution in [2.24, 2.45) is 0 Å². The molecule has 0 bridgehead atoms. The molecule has 7 nitrogen and oxygen atoms in total. The first kappa shape index (κ1) is 23.1. The van der Waals surface area contributed by atoms with Crippen molar-refractivity contribution in [1.82, 2.24) is 24.8 Å². The number of likely N-dealkylation sites (N-methyl/N-ethyl adjacent to an activating group) is 1. The number of piperazine rings is 1. The van der Waals surface area contributed by atoms with Crippen molar-refractivity contribution < 1.29 is 13.7 Å². The van der Waals surface area contributed by atoms with Crippen LogP contribution in [0, 0.1) is 12.7 Å². The summed E-state index contributed by atoms with van der Waals surface area (Å²) in [4.78, 5) is 23.6. The molecule has 0 radical (unpaired) electrons. The normalized spacial score (nSPS) is 16.0. The second-order valence-corrected chi connectivity index (χ2v) is 8.69. The fourth-order valence-electron chi connectivity index (χ4n) is 4.10. The van der Waals surface area contributed by atoms with Gasteiger partial charge in [0.05, 0.1) is 12.6 Å². The zero-order chi connectivity index (χ0) is 23.4. The van der Waals surface area contributed by atoms with Crippen molar-refractivity contribution in [2.75, 3.05) is 33.2 Å². The molecule has 0 spiro atoms. The molecule has 2 aromatic carbocycles. The van der Waals surface area contributed by atoms with Crippen LogP contribution in [0.1, 0.15) is 23.9 Å². The fraction of sp³-hybridized carbons (Fsp3) is 0.400. The Balaban J connectivity index is 1.27. The maximum absolute atomic E-state index is 13.4. The van der Waals surface area contributed by atoms with Gasteiger partial charge >= 0.3 is 0 Å². The number of rotatable bonds is 7. The maximum Gasteiger partial charge on any atom is 0.241 e. The minimum absolute atomic E-state index is 0.0346. The second-order valence-electron chi connectivity index (χ2n) is 8.69. The SMILES string of the molecule is Cc1ccc(-c2noc(CN3CCN(C(C)C(=O)N(C)Cc4cccc(F)c4)CC3)n2)cc1. The molecule has 1 amide bonds. The smallest absolute Gasteiger partial charge is 0.241 e. The molecule has 33 heavy (non-hydrogen) atoms. The van der Waals surface area contributed by atoms with E-state index in [4.69, 9.17) is 4.52 Å². The lowest BCUT2D eigenvalue weighted by Gasteiger charge is -2.38. The molecule has 0 N–H and O–H groups in total. The van der Waals surface area contributed by atoms with Gasteiger partial charge in [-0.05, 0) is 31.5 Å². The van der Waals surface area contributed by atoms with Gasteiger partial charge in [-0.25, -0.2) is 4.39 Å². The first-order valence-corrected chi connectivity index (χ1v) is 11.2. The molecule has 2 heterocycles. The maximum atomic E-state index is 13.4. The summed E-state index contributed by atoms with van der Waals surface area (Å²) in [5.41, 5.74) is 2.91. The molecular formula is C25H30FN5O2. The number of amides is 1. The van der Waals surface area contributed by atoms with Crippen LogP contribution in [0.3, 0.4) is 0 Å². The predicted molar refractivity (Wildman–Crippen MR) is 124 cm³/mol. The van der Waals surface area contributed by atoms with Crippen molar-refractivity contribution in [3.05, 3.63) is 71.4 Å². The van der Waals surface area contributed by atoms with Gasteiger partial charge in [0, 0.05) is 45.3 Å². The van der Waals surface area contributed by atoms with Gasteiger partial charge in [0.1, 0.15) is 5.82 Å². The van der Waals surface area contributed by atoms with Crippen molar-refractivity contribution in [2.45, 2.75) is 33.0 Å². The molecule has 1 aliphatic heterocycles. The molecule has 1 saturated heterocycles. The van der Waals surface area contributed by atoms with E-state index in [1.807, 2.05) is 44.2 Å². The predicted octanol–water partition coefficient (Wildman–Crippen LogP) is 3.35. The second kappa shape index (κ2) is 10.2. The summed E-state index contributed by atoms with van der Waals surface area (Å²) in [5.74, 6) is 0.944. The van der Waals surface area contributed by atoms with Gasteiger partial charge in [0.2, 0.25) is 17.6 Å². The Morgan fingerprint density at radius 2 is 1.88 bits per heavy atom. The summed E-state index contributed by atoms with van der Waals surface area (Å²) in [6.45, 7) is 8.14. The highest BCUT2D eigenvalue weighted by Gasteiger charge is 2.28. The molecule has 1 aromatic heterocycles. The van der Waals surface area contributed by atoms with Crippen LogP contribution in [0.5, 0.6) is 0 Å². The van der Waals surface area contributed by atoms with Crippen LogP contribution < -0.4 is 0 Å². The first-order chi connectivity index (χ1) is 15.9. The van der Waals surface area contributed by atoms with E-state index in [1.165, 1.54) is 17.7 Å². The molecule has 1 unspecified atom stereocenters. The molecule has 0 saturated carbocycles. The van der Waals surface area contributed by atoms with Crippen LogP contribution in [-0.4, -0.2) is 70.0 Å².